The van der Waals surface area contributed by atoms with Crippen LogP contribution in [-0.4, -0.2) is 30.0 Å². The van der Waals surface area contributed by atoms with Crippen LogP contribution in [0.15, 0.2) is 30.5 Å². The van der Waals surface area contributed by atoms with E-state index in [1.165, 1.54) is 6.92 Å². The van der Waals surface area contributed by atoms with Crippen molar-refractivity contribution in [3.63, 3.8) is 0 Å². The number of carbonyl (C=O) groups excluding carboxylic acids is 1. The van der Waals surface area contributed by atoms with Crippen LogP contribution in [-0.2, 0) is 31.9 Å². The summed E-state index contributed by atoms with van der Waals surface area (Å²) < 4.78 is 60.2. The van der Waals surface area contributed by atoms with Crippen molar-refractivity contribution >= 4 is 24.5 Å². The van der Waals surface area contributed by atoms with E-state index in [1.807, 2.05) is 0 Å². The van der Waals surface area contributed by atoms with Crippen LogP contribution in [0.5, 0.6) is 0 Å². The van der Waals surface area contributed by atoms with Crippen LogP contribution in [0.1, 0.15) is 12.5 Å². The number of alkyl halides is 3. The molecule has 0 radical (unpaired) electrons. The monoisotopic (exact) mass is 377 g/mol. The fourth-order valence-electron chi connectivity index (χ4n) is 2.29. The van der Waals surface area contributed by atoms with Crippen LogP contribution in [0, 0.1) is 0 Å². The molecule has 1 aromatic heterocycles. The predicted octanol–water partition coefficient (Wildman–Crippen LogP) is 2.94. The predicted molar refractivity (Wildman–Crippen MR) is 82.9 cm³/mol. The average Bonchev–Trinajstić information content (AvgIpc) is 2.51. The van der Waals surface area contributed by atoms with Crippen LogP contribution in [0.2, 0.25) is 0 Å². The van der Waals surface area contributed by atoms with E-state index in [-0.39, 0.29) is 19.2 Å². The van der Waals surface area contributed by atoms with Gasteiger partial charge in [0.05, 0.1) is 12.8 Å². The van der Waals surface area contributed by atoms with Gasteiger partial charge < -0.3 is 9.05 Å². The molecule has 0 N–H and O–H groups in total. The van der Waals surface area contributed by atoms with Gasteiger partial charge >= 0.3 is 19.7 Å². The van der Waals surface area contributed by atoms with Gasteiger partial charge in [-0.25, -0.2) is 9.36 Å². The minimum Gasteiger partial charge on any atom is -0.385 e. The molecule has 0 amide bonds. The Morgan fingerprint density at radius 1 is 1.32 bits per heavy atom. The third-order valence-corrected chi connectivity index (χ3v) is 5.16. The molecule has 136 valence electrons. The first-order chi connectivity index (χ1) is 11.6. The minimum atomic E-state index is -5.23. The highest BCUT2D eigenvalue weighted by atomic mass is 31.2. The number of rotatable bonds is 6. The highest BCUT2D eigenvalue weighted by molar-refractivity contribution is 7.54. The summed E-state index contributed by atoms with van der Waals surface area (Å²) in [5, 5.41) is 5.05. The Kier molecular flexibility index (Phi) is 5.80. The molecule has 1 atom stereocenters. The number of aryl methyl sites for hydroxylation is 2. The summed E-state index contributed by atoms with van der Waals surface area (Å²) in [6.07, 6.45) is -3.83. The summed E-state index contributed by atoms with van der Waals surface area (Å²) >= 11 is 0. The van der Waals surface area contributed by atoms with Gasteiger partial charge in [-0.05, 0) is 24.5 Å². The van der Waals surface area contributed by atoms with E-state index in [4.69, 9.17) is 4.52 Å². The normalized spacial score (nSPS) is 14.3. The first-order valence-corrected chi connectivity index (χ1v) is 9.16. The molecule has 0 bridgehead atoms. The number of nitrogens with zero attached hydrogens (tertiary/aromatic N) is 2. The SMILES string of the molecule is CCOP(=O)(CCc1c[n+](C)nc2ccccc12)OC(=O)C(F)(F)F. The lowest BCUT2D eigenvalue weighted by atomic mass is 10.1. The van der Waals surface area contributed by atoms with Gasteiger partial charge in [0.15, 0.2) is 13.2 Å². The van der Waals surface area contributed by atoms with E-state index in [2.05, 4.69) is 9.62 Å². The second kappa shape index (κ2) is 7.49. The van der Waals surface area contributed by atoms with Gasteiger partial charge in [-0.3, -0.25) is 0 Å². The molecular weight excluding hydrogens is 360 g/mol. The first-order valence-electron chi connectivity index (χ1n) is 7.43. The van der Waals surface area contributed by atoms with Crippen molar-refractivity contribution in [2.24, 2.45) is 7.05 Å². The standard InChI is InChI=1S/C15H17F3N2O4P/c1-3-23-25(22,24-14(21)15(16,17)18)9-8-11-10-20(2)19-13-7-5-4-6-12(11)13/h4-7,10H,3,8-9H2,1-2H3/q+1. The summed E-state index contributed by atoms with van der Waals surface area (Å²) in [7, 11) is -2.53. The Labute approximate surface area is 142 Å². The van der Waals surface area contributed by atoms with Crippen LogP contribution in [0.4, 0.5) is 13.2 Å². The number of hydrogen-bond donors (Lipinski definition) is 0. The number of aromatic nitrogens is 2. The Morgan fingerprint density at radius 3 is 2.64 bits per heavy atom. The molecule has 0 fully saturated rings. The summed E-state index contributed by atoms with van der Waals surface area (Å²) in [4.78, 5) is 11.0. The summed E-state index contributed by atoms with van der Waals surface area (Å²) in [6, 6.07) is 7.17. The van der Waals surface area contributed by atoms with Crippen LogP contribution in [0.3, 0.4) is 0 Å². The lowest BCUT2D eigenvalue weighted by Crippen LogP contribution is -2.33. The number of fused-ring (bicyclic) bond motifs is 1. The molecule has 0 spiro atoms. The Hall–Kier alpha value is -1.99. The van der Waals surface area contributed by atoms with E-state index < -0.39 is 19.7 Å². The molecule has 1 aromatic carbocycles. The Balaban J connectivity index is 2.24. The fraction of sp³-hybridized carbons (Fsp3) is 0.400. The van der Waals surface area contributed by atoms with Gasteiger partial charge in [-0.15, -0.1) is 0 Å². The highest BCUT2D eigenvalue weighted by Crippen LogP contribution is 2.50. The smallest absolute Gasteiger partial charge is 0.385 e. The maximum absolute atomic E-state index is 12.5. The zero-order valence-corrected chi connectivity index (χ0v) is 14.5. The number of halogens is 3. The Morgan fingerprint density at radius 2 is 2.00 bits per heavy atom. The van der Waals surface area contributed by atoms with Crippen LogP contribution >= 0.6 is 7.60 Å². The van der Waals surface area contributed by atoms with Crippen molar-refractivity contribution in [3.8, 4) is 0 Å². The quantitative estimate of drug-likeness (QED) is 0.572. The van der Waals surface area contributed by atoms with Crippen molar-refractivity contribution in [3.05, 3.63) is 36.0 Å². The molecular formula is C15H17F3N2O4P+. The molecule has 2 aromatic rings. The zero-order chi connectivity index (χ0) is 18.7. The van der Waals surface area contributed by atoms with Gasteiger partial charge in [0.1, 0.15) is 5.52 Å². The molecule has 1 heterocycles. The van der Waals surface area contributed by atoms with E-state index in [0.717, 1.165) is 5.39 Å². The Bertz CT molecular complexity index is 826. The largest absolute Gasteiger partial charge is 0.491 e. The van der Waals surface area contributed by atoms with Crippen molar-refractivity contribution in [1.82, 2.24) is 5.10 Å². The molecule has 25 heavy (non-hydrogen) atoms. The number of carbonyl (C=O) groups is 1. The molecule has 0 aliphatic heterocycles. The summed E-state index contributed by atoms with van der Waals surface area (Å²) in [6.45, 7) is 1.31. The van der Waals surface area contributed by atoms with Gasteiger partial charge in [-0.2, -0.15) is 13.2 Å². The molecule has 0 aliphatic rings. The zero-order valence-electron chi connectivity index (χ0n) is 13.6. The third-order valence-electron chi connectivity index (χ3n) is 3.29. The van der Waals surface area contributed by atoms with Crippen molar-refractivity contribution < 1.29 is 36.3 Å². The lowest BCUT2D eigenvalue weighted by molar-refractivity contribution is -0.728. The van der Waals surface area contributed by atoms with Gasteiger partial charge in [0.2, 0.25) is 0 Å². The molecule has 6 nitrogen and oxygen atoms in total. The van der Waals surface area contributed by atoms with E-state index in [1.54, 1.807) is 42.2 Å². The van der Waals surface area contributed by atoms with E-state index >= 15 is 0 Å². The van der Waals surface area contributed by atoms with Crippen molar-refractivity contribution in [2.45, 2.75) is 19.5 Å². The lowest BCUT2D eigenvalue weighted by Gasteiger charge is -2.18. The maximum atomic E-state index is 12.5. The summed E-state index contributed by atoms with van der Waals surface area (Å²) in [5.41, 5.74) is 1.39. The van der Waals surface area contributed by atoms with E-state index in [9.17, 15) is 22.5 Å². The molecule has 2 rings (SSSR count). The molecule has 0 saturated carbocycles. The molecule has 1 unspecified atom stereocenters. The number of benzene rings is 1. The van der Waals surface area contributed by atoms with Crippen LogP contribution in [0.25, 0.3) is 10.9 Å². The minimum absolute atomic E-state index is 0.0965. The number of hydrogen-bond acceptors (Lipinski definition) is 5. The second-order valence-corrected chi connectivity index (χ2v) is 7.33. The average molecular weight is 377 g/mol. The van der Waals surface area contributed by atoms with Crippen molar-refractivity contribution in [2.75, 3.05) is 12.8 Å². The first kappa shape index (κ1) is 19.3. The van der Waals surface area contributed by atoms with Gasteiger partial charge in [0.25, 0.3) is 0 Å². The molecule has 0 aliphatic carbocycles. The topological polar surface area (TPSA) is 69.4 Å². The van der Waals surface area contributed by atoms with Crippen molar-refractivity contribution in [1.29, 1.82) is 0 Å². The highest BCUT2D eigenvalue weighted by Gasteiger charge is 2.45. The molecule has 10 heteroatoms. The maximum Gasteiger partial charge on any atom is 0.491 e. The molecule has 0 saturated heterocycles. The van der Waals surface area contributed by atoms with E-state index in [0.29, 0.717) is 11.1 Å². The van der Waals surface area contributed by atoms with Crippen LogP contribution < -0.4 is 4.68 Å². The van der Waals surface area contributed by atoms with Gasteiger partial charge in [0, 0.05) is 10.9 Å². The summed E-state index contributed by atoms with van der Waals surface area (Å²) in [5.74, 6) is -2.52. The second-order valence-electron chi connectivity index (χ2n) is 5.22. The van der Waals surface area contributed by atoms with Gasteiger partial charge in [-0.1, -0.05) is 22.9 Å². The third kappa shape index (κ3) is 4.99. The fourth-order valence-corrected chi connectivity index (χ4v) is 3.83.